The van der Waals surface area contributed by atoms with Crippen LogP contribution in [0.25, 0.3) is 10.8 Å². The topological polar surface area (TPSA) is 41.5 Å². The number of fused-ring (bicyclic) bond motifs is 1. The maximum Gasteiger partial charge on any atom is 0.123 e. The fourth-order valence-corrected chi connectivity index (χ4v) is 2.02. The molecular formula is C15H19NO2. The summed E-state index contributed by atoms with van der Waals surface area (Å²) in [5, 5.41) is 15.1. The molecule has 0 heterocycles. The van der Waals surface area contributed by atoms with E-state index in [9.17, 15) is 5.11 Å². The summed E-state index contributed by atoms with van der Waals surface area (Å²) in [7, 11) is 0. The van der Waals surface area contributed by atoms with Gasteiger partial charge in [0.05, 0.1) is 6.61 Å². The molecular weight excluding hydrogens is 226 g/mol. The van der Waals surface area contributed by atoms with Gasteiger partial charge in [0.1, 0.15) is 5.75 Å². The Bertz CT molecular complexity index is 525. The van der Waals surface area contributed by atoms with Crippen molar-refractivity contribution in [2.45, 2.75) is 19.9 Å². The SMILES string of the molecule is CCOCC(C)Nc1cccc2c(O)cccc12. The van der Waals surface area contributed by atoms with Crippen LogP contribution in [0.3, 0.4) is 0 Å². The molecule has 2 N–H and O–H groups in total. The Labute approximate surface area is 107 Å². The third kappa shape index (κ3) is 2.74. The maximum atomic E-state index is 9.82. The van der Waals surface area contributed by atoms with Gasteiger partial charge in [-0.15, -0.1) is 0 Å². The van der Waals surface area contributed by atoms with Crippen LogP contribution in [0.15, 0.2) is 36.4 Å². The Morgan fingerprint density at radius 3 is 2.67 bits per heavy atom. The molecule has 0 spiro atoms. The van der Waals surface area contributed by atoms with Crippen molar-refractivity contribution in [3.63, 3.8) is 0 Å². The lowest BCUT2D eigenvalue weighted by atomic mass is 10.1. The molecule has 0 bridgehead atoms. The Kier molecular flexibility index (Phi) is 4.05. The van der Waals surface area contributed by atoms with Crippen LogP contribution < -0.4 is 5.32 Å². The first-order valence-corrected chi connectivity index (χ1v) is 6.27. The molecule has 1 unspecified atom stereocenters. The predicted octanol–water partition coefficient (Wildman–Crippen LogP) is 3.38. The number of aromatic hydroxyl groups is 1. The van der Waals surface area contributed by atoms with E-state index in [4.69, 9.17) is 4.74 Å². The monoisotopic (exact) mass is 245 g/mol. The van der Waals surface area contributed by atoms with Crippen LogP contribution in [0.2, 0.25) is 0 Å². The molecule has 0 aliphatic rings. The molecule has 18 heavy (non-hydrogen) atoms. The van der Waals surface area contributed by atoms with E-state index in [1.54, 1.807) is 6.07 Å². The molecule has 0 amide bonds. The summed E-state index contributed by atoms with van der Waals surface area (Å²) < 4.78 is 5.39. The molecule has 0 radical (unpaired) electrons. The predicted molar refractivity (Wildman–Crippen MR) is 75.2 cm³/mol. The quantitative estimate of drug-likeness (QED) is 0.848. The molecule has 0 aliphatic carbocycles. The Hall–Kier alpha value is -1.74. The van der Waals surface area contributed by atoms with Crippen LogP contribution in [0.4, 0.5) is 5.69 Å². The summed E-state index contributed by atoms with van der Waals surface area (Å²) in [4.78, 5) is 0. The van der Waals surface area contributed by atoms with E-state index in [0.717, 1.165) is 23.1 Å². The van der Waals surface area contributed by atoms with Crippen LogP contribution in [0.5, 0.6) is 5.75 Å². The third-order valence-corrected chi connectivity index (χ3v) is 2.87. The van der Waals surface area contributed by atoms with Gasteiger partial charge in [-0.05, 0) is 26.0 Å². The van der Waals surface area contributed by atoms with Gasteiger partial charge in [-0.2, -0.15) is 0 Å². The lowest BCUT2D eigenvalue weighted by Crippen LogP contribution is -2.21. The zero-order valence-electron chi connectivity index (χ0n) is 10.8. The van der Waals surface area contributed by atoms with Gasteiger partial charge in [0.15, 0.2) is 0 Å². The summed E-state index contributed by atoms with van der Waals surface area (Å²) in [6.07, 6.45) is 0. The largest absolute Gasteiger partial charge is 0.507 e. The first-order chi connectivity index (χ1) is 8.72. The van der Waals surface area contributed by atoms with Crippen LogP contribution in [-0.2, 0) is 4.74 Å². The summed E-state index contributed by atoms with van der Waals surface area (Å²) in [5.74, 6) is 0.314. The van der Waals surface area contributed by atoms with Gasteiger partial charge in [-0.25, -0.2) is 0 Å². The Balaban J connectivity index is 2.25. The van der Waals surface area contributed by atoms with Gasteiger partial charge in [-0.1, -0.05) is 24.3 Å². The molecule has 0 aliphatic heterocycles. The van der Waals surface area contributed by atoms with Crippen molar-refractivity contribution < 1.29 is 9.84 Å². The zero-order valence-corrected chi connectivity index (χ0v) is 10.8. The number of anilines is 1. The van der Waals surface area contributed by atoms with Crippen LogP contribution in [0.1, 0.15) is 13.8 Å². The van der Waals surface area contributed by atoms with Gasteiger partial charge >= 0.3 is 0 Å². The number of rotatable bonds is 5. The third-order valence-electron chi connectivity index (χ3n) is 2.87. The molecule has 96 valence electrons. The summed E-state index contributed by atoms with van der Waals surface area (Å²) in [6, 6.07) is 11.7. The number of benzene rings is 2. The second-order valence-corrected chi connectivity index (χ2v) is 4.38. The highest BCUT2D eigenvalue weighted by Gasteiger charge is 2.06. The number of phenols is 1. The van der Waals surface area contributed by atoms with E-state index < -0.39 is 0 Å². The van der Waals surface area contributed by atoms with Crippen molar-refractivity contribution in [3.8, 4) is 5.75 Å². The molecule has 2 aromatic rings. The van der Waals surface area contributed by atoms with Crippen LogP contribution >= 0.6 is 0 Å². The molecule has 2 aromatic carbocycles. The Morgan fingerprint density at radius 1 is 1.17 bits per heavy atom. The summed E-state index contributed by atoms with van der Waals surface area (Å²) in [5.41, 5.74) is 1.02. The van der Waals surface area contributed by atoms with E-state index in [-0.39, 0.29) is 6.04 Å². The van der Waals surface area contributed by atoms with E-state index in [2.05, 4.69) is 12.2 Å². The lowest BCUT2D eigenvalue weighted by molar-refractivity contribution is 0.141. The maximum absolute atomic E-state index is 9.82. The van der Waals surface area contributed by atoms with Crippen molar-refractivity contribution in [3.05, 3.63) is 36.4 Å². The smallest absolute Gasteiger partial charge is 0.123 e. The first kappa shape index (κ1) is 12.7. The molecule has 3 nitrogen and oxygen atoms in total. The molecule has 0 fully saturated rings. The summed E-state index contributed by atoms with van der Waals surface area (Å²) >= 11 is 0. The minimum Gasteiger partial charge on any atom is -0.507 e. The second kappa shape index (κ2) is 5.74. The molecule has 3 heteroatoms. The zero-order chi connectivity index (χ0) is 13.0. The number of phenolic OH excluding ortho intramolecular Hbond substituents is 1. The van der Waals surface area contributed by atoms with E-state index in [1.807, 2.05) is 37.3 Å². The molecule has 1 atom stereocenters. The lowest BCUT2D eigenvalue weighted by Gasteiger charge is -2.17. The summed E-state index contributed by atoms with van der Waals surface area (Å²) in [6.45, 7) is 5.47. The standard InChI is InChI=1S/C15H19NO2/c1-3-18-10-11(2)16-14-8-4-7-13-12(14)6-5-9-15(13)17/h4-9,11,16-17H,3,10H2,1-2H3. The van der Waals surface area contributed by atoms with Gasteiger partial charge in [0.2, 0.25) is 0 Å². The number of hydrogen-bond acceptors (Lipinski definition) is 3. The van der Waals surface area contributed by atoms with E-state index in [1.165, 1.54) is 0 Å². The van der Waals surface area contributed by atoms with Crippen molar-refractivity contribution in [2.75, 3.05) is 18.5 Å². The van der Waals surface area contributed by atoms with Crippen LogP contribution in [0, 0.1) is 0 Å². The van der Waals surface area contributed by atoms with Crippen molar-refractivity contribution >= 4 is 16.5 Å². The molecule has 2 rings (SSSR count). The fraction of sp³-hybridized carbons (Fsp3) is 0.333. The van der Waals surface area contributed by atoms with Crippen molar-refractivity contribution in [1.29, 1.82) is 0 Å². The number of hydrogen-bond donors (Lipinski definition) is 2. The molecule has 0 saturated heterocycles. The van der Waals surface area contributed by atoms with Gasteiger partial charge in [0.25, 0.3) is 0 Å². The Morgan fingerprint density at radius 2 is 1.89 bits per heavy atom. The number of nitrogens with one attached hydrogen (secondary N) is 1. The second-order valence-electron chi connectivity index (χ2n) is 4.38. The molecule has 0 aromatic heterocycles. The minimum atomic E-state index is 0.234. The first-order valence-electron chi connectivity index (χ1n) is 6.27. The highest BCUT2D eigenvalue weighted by molar-refractivity contribution is 5.97. The van der Waals surface area contributed by atoms with Crippen molar-refractivity contribution in [1.82, 2.24) is 0 Å². The average Bonchev–Trinajstić information content (AvgIpc) is 2.38. The fourth-order valence-electron chi connectivity index (χ4n) is 2.02. The minimum absolute atomic E-state index is 0.234. The highest BCUT2D eigenvalue weighted by atomic mass is 16.5. The van der Waals surface area contributed by atoms with Gasteiger partial charge in [-0.3, -0.25) is 0 Å². The highest BCUT2D eigenvalue weighted by Crippen LogP contribution is 2.30. The van der Waals surface area contributed by atoms with Gasteiger partial charge in [0, 0.05) is 29.1 Å². The van der Waals surface area contributed by atoms with Gasteiger partial charge < -0.3 is 15.2 Å². The normalized spacial score (nSPS) is 12.6. The van der Waals surface area contributed by atoms with Crippen molar-refractivity contribution in [2.24, 2.45) is 0 Å². The average molecular weight is 245 g/mol. The molecule has 0 saturated carbocycles. The van der Waals surface area contributed by atoms with E-state index in [0.29, 0.717) is 12.4 Å². The van der Waals surface area contributed by atoms with Crippen LogP contribution in [-0.4, -0.2) is 24.4 Å². The van der Waals surface area contributed by atoms with E-state index >= 15 is 0 Å². The number of ether oxygens (including phenoxy) is 1.